The quantitative estimate of drug-likeness (QED) is 0.530. The molecule has 0 fully saturated rings. The van der Waals surface area contributed by atoms with Crippen LogP contribution >= 0.6 is 15.9 Å². The largest absolute Gasteiger partial charge is 0.385 e. The molecule has 0 aliphatic heterocycles. The Bertz CT molecular complexity index is 248. The van der Waals surface area contributed by atoms with Crippen LogP contribution < -0.4 is 0 Å². The van der Waals surface area contributed by atoms with Crippen molar-refractivity contribution in [2.24, 2.45) is 0 Å². The van der Waals surface area contributed by atoms with E-state index < -0.39 is 0 Å². The van der Waals surface area contributed by atoms with E-state index in [2.05, 4.69) is 46.3 Å². The molecule has 0 saturated heterocycles. The Balaban J connectivity index is 2.16. The third-order valence-electron chi connectivity index (χ3n) is 2.47. The van der Waals surface area contributed by atoms with Gasteiger partial charge in [0.15, 0.2) is 0 Å². The van der Waals surface area contributed by atoms with Crippen LogP contribution in [0.3, 0.4) is 0 Å². The Hall–Kier alpha value is -0.340. The average Bonchev–Trinajstić information content (AvgIpc) is 2.30. The monoisotopic (exact) mass is 270 g/mol. The van der Waals surface area contributed by atoms with Gasteiger partial charge in [-0.1, -0.05) is 59.1 Å². The fourth-order valence-corrected chi connectivity index (χ4v) is 2.20. The maximum Gasteiger partial charge on any atom is 0.0462 e. The van der Waals surface area contributed by atoms with Gasteiger partial charge >= 0.3 is 0 Å². The number of hydrogen-bond acceptors (Lipinski definition) is 1. The highest BCUT2D eigenvalue weighted by molar-refractivity contribution is 9.09. The number of rotatable bonds is 7. The summed E-state index contributed by atoms with van der Waals surface area (Å²) in [5.74, 6) is 0. The number of halogens is 1. The summed E-state index contributed by atoms with van der Waals surface area (Å²) in [6, 6.07) is 10.6. The summed E-state index contributed by atoms with van der Waals surface area (Å²) in [7, 11) is 1.76. The van der Waals surface area contributed by atoms with Crippen LogP contribution in [0, 0.1) is 0 Å². The Morgan fingerprint density at radius 2 is 1.87 bits per heavy atom. The number of alkyl halides is 1. The fraction of sp³-hybridized carbons (Fsp3) is 0.538. The van der Waals surface area contributed by atoms with Crippen molar-refractivity contribution >= 4 is 15.9 Å². The van der Waals surface area contributed by atoms with E-state index in [1.54, 1.807) is 7.11 Å². The molecule has 1 aromatic carbocycles. The molecule has 1 unspecified atom stereocenters. The van der Waals surface area contributed by atoms with E-state index >= 15 is 0 Å². The lowest BCUT2D eigenvalue weighted by atomic mass is 10.1. The van der Waals surface area contributed by atoms with Crippen LogP contribution in [0.25, 0.3) is 0 Å². The van der Waals surface area contributed by atoms with Crippen LogP contribution in [-0.2, 0) is 4.74 Å². The molecule has 0 spiro atoms. The highest BCUT2D eigenvalue weighted by Gasteiger charge is 2.05. The second-order valence-corrected chi connectivity index (χ2v) is 4.83. The summed E-state index contributed by atoms with van der Waals surface area (Å²) >= 11 is 3.72. The van der Waals surface area contributed by atoms with Crippen molar-refractivity contribution in [1.29, 1.82) is 0 Å². The van der Waals surface area contributed by atoms with Crippen molar-refractivity contribution in [2.45, 2.75) is 30.5 Å². The van der Waals surface area contributed by atoms with Crippen molar-refractivity contribution in [2.75, 3.05) is 13.7 Å². The van der Waals surface area contributed by atoms with E-state index in [4.69, 9.17) is 4.74 Å². The third-order valence-corrected chi connectivity index (χ3v) is 3.45. The summed E-state index contributed by atoms with van der Waals surface area (Å²) < 4.78 is 5.02. The first-order valence-corrected chi connectivity index (χ1v) is 6.44. The minimum Gasteiger partial charge on any atom is -0.385 e. The smallest absolute Gasteiger partial charge is 0.0462 e. The number of hydrogen-bond donors (Lipinski definition) is 0. The second-order valence-electron chi connectivity index (χ2n) is 3.72. The molecule has 0 heterocycles. The standard InChI is InChI=1S/C13H19BrO/c1-15-11-7-3-6-10-13(14)12-8-4-2-5-9-12/h2,4-5,8-9,13H,3,6-7,10-11H2,1H3. The van der Waals surface area contributed by atoms with Crippen LogP contribution in [-0.4, -0.2) is 13.7 Å². The maximum atomic E-state index is 5.02. The fourth-order valence-electron chi connectivity index (χ4n) is 1.58. The molecular weight excluding hydrogens is 252 g/mol. The van der Waals surface area contributed by atoms with Gasteiger partial charge in [0.05, 0.1) is 0 Å². The second kappa shape index (κ2) is 7.89. The molecule has 0 aromatic heterocycles. The molecule has 0 aliphatic rings. The van der Waals surface area contributed by atoms with E-state index in [1.807, 2.05) is 0 Å². The van der Waals surface area contributed by atoms with E-state index in [0.717, 1.165) is 6.61 Å². The molecule has 0 N–H and O–H groups in total. The summed E-state index contributed by atoms with van der Waals surface area (Å²) in [6.45, 7) is 0.887. The molecule has 0 bridgehead atoms. The average molecular weight is 271 g/mol. The van der Waals surface area contributed by atoms with Crippen molar-refractivity contribution in [3.63, 3.8) is 0 Å². The van der Waals surface area contributed by atoms with Crippen molar-refractivity contribution in [1.82, 2.24) is 0 Å². The first kappa shape index (κ1) is 12.7. The van der Waals surface area contributed by atoms with Crippen LogP contribution in [0.15, 0.2) is 30.3 Å². The molecule has 0 amide bonds. The van der Waals surface area contributed by atoms with Gasteiger partial charge < -0.3 is 4.74 Å². The van der Waals surface area contributed by atoms with E-state index in [0.29, 0.717) is 4.83 Å². The first-order valence-electron chi connectivity index (χ1n) is 5.52. The lowest BCUT2D eigenvalue weighted by molar-refractivity contribution is 0.192. The molecule has 84 valence electrons. The Morgan fingerprint density at radius 3 is 2.53 bits per heavy atom. The molecule has 1 aromatic rings. The number of ether oxygens (including phenoxy) is 1. The minimum atomic E-state index is 0.501. The van der Waals surface area contributed by atoms with Gasteiger partial charge in [0.1, 0.15) is 0 Å². The minimum absolute atomic E-state index is 0.501. The highest BCUT2D eigenvalue weighted by atomic mass is 79.9. The molecule has 2 heteroatoms. The van der Waals surface area contributed by atoms with Gasteiger partial charge in [-0.3, -0.25) is 0 Å². The topological polar surface area (TPSA) is 9.23 Å². The van der Waals surface area contributed by atoms with Crippen molar-refractivity contribution < 1.29 is 4.74 Å². The molecular formula is C13H19BrO. The van der Waals surface area contributed by atoms with Crippen LogP contribution in [0.4, 0.5) is 0 Å². The number of benzene rings is 1. The first-order chi connectivity index (χ1) is 7.34. The van der Waals surface area contributed by atoms with Gasteiger partial charge in [0.2, 0.25) is 0 Å². The summed E-state index contributed by atoms with van der Waals surface area (Å²) in [4.78, 5) is 0.501. The lowest BCUT2D eigenvalue weighted by Gasteiger charge is -2.09. The predicted molar refractivity (Wildman–Crippen MR) is 68.5 cm³/mol. The van der Waals surface area contributed by atoms with Crippen LogP contribution in [0.5, 0.6) is 0 Å². The normalized spacial score (nSPS) is 12.7. The van der Waals surface area contributed by atoms with Gasteiger partial charge in [0, 0.05) is 18.5 Å². The number of unbranched alkanes of at least 4 members (excludes halogenated alkanes) is 2. The Labute approximate surface area is 101 Å². The zero-order chi connectivity index (χ0) is 10.9. The van der Waals surface area contributed by atoms with Gasteiger partial charge in [-0.05, 0) is 18.4 Å². The van der Waals surface area contributed by atoms with Gasteiger partial charge in [-0.2, -0.15) is 0 Å². The van der Waals surface area contributed by atoms with Crippen LogP contribution in [0.2, 0.25) is 0 Å². The van der Waals surface area contributed by atoms with Crippen molar-refractivity contribution in [3.05, 3.63) is 35.9 Å². The molecule has 1 rings (SSSR count). The summed E-state index contributed by atoms with van der Waals surface area (Å²) in [5.41, 5.74) is 1.38. The van der Waals surface area contributed by atoms with E-state index in [-0.39, 0.29) is 0 Å². The molecule has 0 radical (unpaired) electrons. The lowest BCUT2D eigenvalue weighted by Crippen LogP contribution is -1.92. The SMILES string of the molecule is COCCCCCC(Br)c1ccccc1. The molecule has 0 saturated carbocycles. The molecule has 0 aliphatic carbocycles. The molecule has 1 nitrogen and oxygen atoms in total. The zero-order valence-electron chi connectivity index (χ0n) is 9.29. The Kier molecular flexibility index (Phi) is 6.69. The van der Waals surface area contributed by atoms with Gasteiger partial charge in [-0.15, -0.1) is 0 Å². The maximum absolute atomic E-state index is 5.02. The van der Waals surface area contributed by atoms with E-state index in [1.165, 1.54) is 31.2 Å². The Morgan fingerprint density at radius 1 is 1.13 bits per heavy atom. The van der Waals surface area contributed by atoms with Gasteiger partial charge in [0.25, 0.3) is 0 Å². The highest BCUT2D eigenvalue weighted by Crippen LogP contribution is 2.28. The zero-order valence-corrected chi connectivity index (χ0v) is 10.9. The number of methoxy groups -OCH3 is 1. The molecule has 1 atom stereocenters. The summed E-state index contributed by atoms with van der Waals surface area (Å²) in [6.07, 6.45) is 4.88. The molecule has 15 heavy (non-hydrogen) atoms. The van der Waals surface area contributed by atoms with E-state index in [9.17, 15) is 0 Å². The van der Waals surface area contributed by atoms with Crippen molar-refractivity contribution in [3.8, 4) is 0 Å². The predicted octanol–water partition coefficient (Wildman–Crippen LogP) is 4.33. The van der Waals surface area contributed by atoms with Crippen LogP contribution in [0.1, 0.15) is 36.1 Å². The van der Waals surface area contributed by atoms with Gasteiger partial charge in [-0.25, -0.2) is 0 Å². The summed E-state index contributed by atoms with van der Waals surface area (Å²) in [5, 5.41) is 0. The third kappa shape index (κ3) is 5.33.